The molecular formula is C10H11NO4S. The van der Waals surface area contributed by atoms with Gasteiger partial charge in [0.15, 0.2) is 0 Å². The van der Waals surface area contributed by atoms with Crippen LogP contribution in [-0.4, -0.2) is 14.5 Å². The van der Waals surface area contributed by atoms with E-state index < -0.39 is 16.1 Å². The lowest BCUT2D eigenvalue weighted by molar-refractivity contribution is 0.192. The first-order valence-electron chi connectivity index (χ1n) is 4.37. The van der Waals surface area contributed by atoms with E-state index in [0.717, 1.165) is 11.8 Å². The summed E-state index contributed by atoms with van der Waals surface area (Å²) in [6, 6.07) is 6.07. The van der Waals surface area contributed by atoms with Crippen LogP contribution in [0, 0.1) is 6.92 Å². The Hall–Kier alpha value is -1.82. The number of hydrogen-bond donors (Lipinski definition) is 1. The van der Waals surface area contributed by atoms with E-state index in [2.05, 4.69) is 11.3 Å². The summed E-state index contributed by atoms with van der Waals surface area (Å²) in [7, 11) is -3.87. The molecule has 0 unspecified atom stereocenters. The van der Waals surface area contributed by atoms with Gasteiger partial charge in [0.25, 0.3) is 10.0 Å². The SMILES string of the molecule is C=COC(=O)NS(=O)(=O)c1ccc(C)cc1. The van der Waals surface area contributed by atoms with Crippen molar-refractivity contribution >= 4 is 16.1 Å². The van der Waals surface area contributed by atoms with Gasteiger partial charge in [-0.15, -0.1) is 0 Å². The molecule has 0 radical (unpaired) electrons. The van der Waals surface area contributed by atoms with Crippen LogP contribution in [0.5, 0.6) is 0 Å². The molecule has 86 valence electrons. The Kier molecular flexibility index (Phi) is 3.68. The minimum atomic E-state index is -3.87. The molecule has 1 amide bonds. The number of rotatable bonds is 3. The topological polar surface area (TPSA) is 72.5 Å². The van der Waals surface area contributed by atoms with Crippen LogP contribution in [0.3, 0.4) is 0 Å². The van der Waals surface area contributed by atoms with Crippen LogP contribution in [0.25, 0.3) is 0 Å². The van der Waals surface area contributed by atoms with Crippen LogP contribution in [-0.2, 0) is 14.8 Å². The predicted molar refractivity (Wildman–Crippen MR) is 58.2 cm³/mol. The van der Waals surface area contributed by atoms with Crippen molar-refractivity contribution in [1.82, 2.24) is 4.72 Å². The first kappa shape index (κ1) is 12.3. The number of ether oxygens (including phenoxy) is 1. The number of carbonyl (C=O) groups is 1. The van der Waals surface area contributed by atoms with Crippen LogP contribution in [0.4, 0.5) is 4.79 Å². The van der Waals surface area contributed by atoms with Crippen molar-refractivity contribution in [3.05, 3.63) is 42.7 Å². The fraction of sp³-hybridized carbons (Fsp3) is 0.100. The van der Waals surface area contributed by atoms with E-state index in [4.69, 9.17) is 0 Å². The van der Waals surface area contributed by atoms with Gasteiger partial charge in [0, 0.05) is 0 Å². The Morgan fingerprint density at radius 2 is 1.94 bits per heavy atom. The molecule has 0 saturated heterocycles. The lowest BCUT2D eigenvalue weighted by Gasteiger charge is -2.05. The van der Waals surface area contributed by atoms with Crippen LogP contribution in [0.1, 0.15) is 5.56 Å². The molecule has 0 spiro atoms. The molecule has 0 bridgehead atoms. The second kappa shape index (κ2) is 4.80. The molecule has 0 heterocycles. The predicted octanol–water partition coefficient (Wildman–Crippen LogP) is 1.55. The number of aryl methyl sites for hydroxylation is 1. The second-order valence-corrected chi connectivity index (χ2v) is 4.67. The Balaban J connectivity index is 2.90. The van der Waals surface area contributed by atoms with Gasteiger partial charge >= 0.3 is 6.09 Å². The van der Waals surface area contributed by atoms with Crippen LogP contribution in [0.15, 0.2) is 42.0 Å². The lowest BCUT2D eigenvalue weighted by Crippen LogP contribution is -2.30. The van der Waals surface area contributed by atoms with E-state index in [1.807, 2.05) is 6.92 Å². The molecule has 0 aliphatic rings. The molecule has 6 heteroatoms. The lowest BCUT2D eigenvalue weighted by atomic mass is 10.2. The molecule has 0 aliphatic heterocycles. The Morgan fingerprint density at radius 3 is 2.44 bits per heavy atom. The van der Waals surface area contributed by atoms with Gasteiger partial charge < -0.3 is 4.74 Å². The summed E-state index contributed by atoms with van der Waals surface area (Å²) in [6.45, 7) is 4.97. The number of nitrogens with one attached hydrogen (secondary N) is 1. The number of sulfonamides is 1. The molecule has 0 atom stereocenters. The van der Waals surface area contributed by atoms with Gasteiger partial charge in [-0.1, -0.05) is 24.3 Å². The molecule has 1 N–H and O–H groups in total. The third-order valence-corrected chi connectivity index (χ3v) is 3.07. The van der Waals surface area contributed by atoms with Crippen LogP contribution in [0.2, 0.25) is 0 Å². The third kappa shape index (κ3) is 3.09. The molecule has 0 fully saturated rings. The quantitative estimate of drug-likeness (QED) is 0.815. The van der Waals surface area contributed by atoms with E-state index in [-0.39, 0.29) is 4.90 Å². The molecule has 0 saturated carbocycles. The Bertz CT molecular complexity index is 490. The van der Waals surface area contributed by atoms with Crippen molar-refractivity contribution in [2.24, 2.45) is 0 Å². The summed E-state index contributed by atoms with van der Waals surface area (Å²) in [6.07, 6.45) is -0.240. The van der Waals surface area contributed by atoms with E-state index in [1.54, 1.807) is 16.9 Å². The average molecular weight is 241 g/mol. The summed E-state index contributed by atoms with van der Waals surface area (Å²) < 4.78 is 29.2. The second-order valence-electron chi connectivity index (χ2n) is 2.99. The zero-order valence-corrected chi connectivity index (χ0v) is 9.45. The molecule has 16 heavy (non-hydrogen) atoms. The smallest absolute Gasteiger partial charge is 0.418 e. The van der Waals surface area contributed by atoms with Gasteiger partial charge in [0.2, 0.25) is 0 Å². The number of amides is 1. The van der Waals surface area contributed by atoms with E-state index in [1.165, 1.54) is 12.1 Å². The third-order valence-electron chi connectivity index (χ3n) is 1.74. The largest absolute Gasteiger partial charge is 0.426 e. The van der Waals surface area contributed by atoms with Gasteiger partial charge in [0.1, 0.15) is 0 Å². The minimum Gasteiger partial charge on any atom is -0.418 e. The van der Waals surface area contributed by atoms with E-state index in [0.29, 0.717) is 0 Å². The maximum Gasteiger partial charge on any atom is 0.426 e. The maximum atomic E-state index is 11.6. The standard InChI is InChI=1S/C10H11NO4S/c1-3-15-10(12)11-16(13,14)9-6-4-8(2)5-7-9/h3-7H,1H2,2H3,(H,11,12). The molecular weight excluding hydrogens is 230 g/mol. The molecule has 1 aromatic rings. The first-order chi connectivity index (χ1) is 7.45. The van der Waals surface area contributed by atoms with Crippen molar-refractivity contribution in [1.29, 1.82) is 0 Å². The van der Waals surface area contributed by atoms with Crippen molar-refractivity contribution in [3.63, 3.8) is 0 Å². The van der Waals surface area contributed by atoms with Gasteiger partial charge in [-0.25, -0.2) is 17.9 Å². The van der Waals surface area contributed by atoms with Gasteiger partial charge in [0.05, 0.1) is 11.2 Å². The first-order valence-corrected chi connectivity index (χ1v) is 5.85. The molecule has 1 rings (SSSR count). The molecule has 5 nitrogen and oxygen atoms in total. The highest BCUT2D eigenvalue weighted by atomic mass is 32.2. The summed E-state index contributed by atoms with van der Waals surface area (Å²) in [5.41, 5.74) is 0.924. The fourth-order valence-corrected chi connectivity index (χ4v) is 1.87. The molecule has 1 aromatic carbocycles. The van der Waals surface area contributed by atoms with Crippen molar-refractivity contribution in [3.8, 4) is 0 Å². The number of benzene rings is 1. The fourth-order valence-electron chi connectivity index (χ4n) is 0.986. The normalized spacial score (nSPS) is 10.6. The zero-order valence-electron chi connectivity index (χ0n) is 8.64. The van der Waals surface area contributed by atoms with Gasteiger partial charge in [-0.05, 0) is 19.1 Å². The highest BCUT2D eigenvalue weighted by Gasteiger charge is 2.17. The van der Waals surface area contributed by atoms with Crippen molar-refractivity contribution in [2.75, 3.05) is 0 Å². The Morgan fingerprint density at radius 1 is 1.38 bits per heavy atom. The van der Waals surface area contributed by atoms with Crippen molar-refractivity contribution < 1.29 is 17.9 Å². The average Bonchev–Trinajstić information content (AvgIpc) is 2.17. The summed E-state index contributed by atoms with van der Waals surface area (Å²) >= 11 is 0. The highest BCUT2D eigenvalue weighted by molar-refractivity contribution is 7.90. The molecule has 0 aliphatic carbocycles. The monoisotopic (exact) mass is 241 g/mol. The summed E-state index contributed by atoms with van der Waals surface area (Å²) in [5, 5.41) is 0. The van der Waals surface area contributed by atoms with Crippen LogP contribution >= 0.6 is 0 Å². The van der Waals surface area contributed by atoms with E-state index in [9.17, 15) is 13.2 Å². The Labute approximate surface area is 93.8 Å². The van der Waals surface area contributed by atoms with Crippen molar-refractivity contribution in [2.45, 2.75) is 11.8 Å². The van der Waals surface area contributed by atoms with Gasteiger partial charge in [-0.3, -0.25) is 0 Å². The maximum absolute atomic E-state index is 11.6. The molecule has 0 aromatic heterocycles. The van der Waals surface area contributed by atoms with E-state index >= 15 is 0 Å². The summed E-state index contributed by atoms with van der Waals surface area (Å²) in [5.74, 6) is 0. The van der Waals surface area contributed by atoms with Crippen LogP contribution < -0.4 is 4.72 Å². The number of hydrogen-bond acceptors (Lipinski definition) is 4. The zero-order chi connectivity index (χ0) is 12.2. The highest BCUT2D eigenvalue weighted by Crippen LogP contribution is 2.09. The van der Waals surface area contributed by atoms with Gasteiger partial charge in [-0.2, -0.15) is 0 Å². The number of carbonyl (C=O) groups excluding carboxylic acids is 1. The minimum absolute atomic E-state index is 0.000822. The summed E-state index contributed by atoms with van der Waals surface area (Å²) in [4.78, 5) is 10.9.